The molecular formula is C17H10F6N4O2. The summed E-state index contributed by atoms with van der Waals surface area (Å²) in [5, 5.41) is 0. The van der Waals surface area contributed by atoms with Crippen LogP contribution < -0.4 is 10.5 Å². The topological polar surface area (TPSA) is 93.9 Å². The van der Waals surface area contributed by atoms with Crippen molar-refractivity contribution in [2.45, 2.75) is 12.5 Å². The summed E-state index contributed by atoms with van der Waals surface area (Å²) in [4.78, 5) is 21.7. The maximum Gasteiger partial charge on any atom is 0.573 e. The number of carbonyl (C=O) groups is 1. The van der Waals surface area contributed by atoms with Gasteiger partial charge in [-0.1, -0.05) is 0 Å². The molecule has 152 valence electrons. The number of rotatable bonds is 4. The van der Waals surface area contributed by atoms with Crippen LogP contribution in [0.1, 0.15) is 11.1 Å². The molecule has 1 amide bonds. The van der Waals surface area contributed by atoms with E-state index in [0.717, 1.165) is 18.3 Å². The Morgan fingerprint density at radius 3 is 2.48 bits per heavy atom. The molecule has 3 N–H and O–H groups in total. The number of hydrogen-bond acceptors (Lipinski definition) is 4. The second-order valence-electron chi connectivity index (χ2n) is 5.72. The second-order valence-corrected chi connectivity index (χ2v) is 5.72. The van der Waals surface area contributed by atoms with Gasteiger partial charge in [0.25, 0.3) is 0 Å². The standard InChI is InChI=1S/C17H10F6N4O2/c18-16(19,20)10-3-9(4-11(5-10)29-17(21,22)23)12-7-26-15-14(27-12)8(6-25-15)1-2-13(24)28/h1-7H,(H2,24,28)(H,25,26)/b2-1+. The van der Waals surface area contributed by atoms with Crippen molar-refractivity contribution in [1.82, 2.24) is 15.0 Å². The number of ether oxygens (including phenoxy) is 1. The molecule has 1 aromatic carbocycles. The lowest BCUT2D eigenvalue weighted by molar-refractivity contribution is -0.274. The molecule has 12 heteroatoms. The fourth-order valence-corrected chi connectivity index (χ4v) is 2.45. The van der Waals surface area contributed by atoms with E-state index in [2.05, 4.69) is 19.7 Å². The number of carbonyl (C=O) groups excluding carboxylic acids is 1. The molecule has 0 aliphatic heterocycles. The summed E-state index contributed by atoms with van der Waals surface area (Å²) >= 11 is 0. The van der Waals surface area contributed by atoms with Crippen LogP contribution in [0.3, 0.4) is 0 Å². The number of benzene rings is 1. The Balaban J connectivity index is 2.13. The molecule has 2 aromatic heterocycles. The number of aromatic nitrogens is 3. The van der Waals surface area contributed by atoms with E-state index in [0.29, 0.717) is 11.6 Å². The molecule has 0 bridgehead atoms. The van der Waals surface area contributed by atoms with E-state index in [1.165, 1.54) is 12.3 Å². The third-order valence-corrected chi connectivity index (χ3v) is 3.60. The summed E-state index contributed by atoms with van der Waals surface area (Å²) in [6.07, 6.45) is -5.23. The molecule has 0 spiro atoms. The number of H-pyrrole nitrogens is 1. The maximum atomic E-state index is 13.1. The number of aromatic amines is 1. The first-order valence-corrected chi connectivity index (χ1v) is 7.72. The molecule has 0 aliphatic carbocycles. The molecule has 3 aromatic rings. The van der Waals surface area contributed by atoms with Crippen LogP contribution in [-0.4, -0.2) is 27.2 Å². The van der Waals surface area contributed by atoms with Crippen LogP contribution in [0.2, 0.25) is 0 Å². The number of nitrogens with zero attached hydrogens (tertiary/aromatic N) is 2. The van der Waals surface area contributed by atoms with Crippen molar-refractivity contribution < 1.29 is 35.9 Å². The van der Waals surface area contributed by atoms with Crippen molar-refractivity contribution in [2.75, 3.05) is 0 Å². The number of nitrogens with two attached hydrogens (primary N) is 1. The van der Waals surface area contributed by atoms with Gasteiger partial charge in [-0.3, -0.25) is 4.79 Å². The van der Waals surface area contributed by atoms with Gasteiger partial charge in [-0.2, -0.15) is 13.2 Å². The number of fused-ring (bicyclic) bond motifs is 1. The Morgan fingerprint density at radius 2 is 1.86 bits per heavy atom. The number of hydrogen-bond donors (Lipinski definition) is 2. The summed E-state index contributed by atoms with van der Waals surface area (Å²) in [7, 11) is 0. The van der Waals surface area contributed by atoms with Crippen LogP contribution in [-0.2, 0) is 11.0 Å². The summed E-state index contributed by atoms with van der Waals surface area (Å²) < 4.78 is 80.4. The number of primary amides is 1. The monoisotopic (exact) mass is 416 g/mol. The molecule has 6 nitrogen and oxygen atoms in total. The lowest BCUT2D eigenvalue weighted by atomic mass is 10.1. The average Bonchev–Trinajstić information content (AvgIpc) is 2.99. The van der Waals surface area contributed by atoms with E-state index in [1.54, 1.807) is 0 Å². The van der Waals surface area contributed by atoms with Crippen LogP contribution in [0.5, 0.6) is 5.75 Å². The Hall–Kier alpha value is -3.57. The molecule has 0 saturated carbocycles. The number of nitrogens with one attached hydrogen (secondary N) is 1. The molecule has 2 heterocycles. The summed E-state index contributed by atoms with van der Waals surface area (Å²) in [6.45, 7) is 0. The number of amides is 1. The quantitative estimate of drug-likeness (QED) is 0.496. The Labute approximate surface area is 158 Å². The largest absolute Gasteiger partial charge is 0.573 e. The molecule has 0 radical (unpaired) electrons. The van der Waals surface area contributed by atoms with E-state index >= 15 is 0 Å². The fraction of sp³-hybridized carbons (Fsp3) is 0.118. The van der Waals surface area contributed by atoms with Gasteiger partial charge in [-0.15, -0.1) is 13.2 Å². The van der Waals surface area contributed by atoms with Gasteiger partial charge in [-0.25, -0.2) is 9.97 Å². The van der Waals surface area contributed by atoms with Crippen molar-refractivity contribution in [2.24, 2.45) is 5.73 Å². The zero-order chi connectivity index (χ0) is 21.4. The van der Waals surface area contributed by atoms with Crippen molar-refractivity contribution in [1.29, 1.82) is 0 Å². The minimum absolute atomic E-state index is 0.135. The van der Waals surface area contributed by atoms with Gasteiger partial charge in [0.2, 0.25) is 5.91 Å². The molecule has 0 fully saturated rings. The van der Waals surface area contributed by atoms with E-state index in [1.807, 2.05) is 0 Å². The van der Waals surface area contributed by atoms with Crippen molar-refractivity contribution >= 4 is 23.1 Å². The Morgan fingerprint density at radius 1 is 1.14 bits per heavy atom. The van der Waals surface area contributed by atoms with Crippen LogP contribution >= 0.6 is 0 Å². The van der Waals surface area contributed by atoms with Gasteiger partial charge in [0.1, 0.15) is 11.3 Å². The minimum atomic E-state index is -5.18. The number of halogens is 6. The van der Waals surface area contributed by atoms with Gasteiger partial charge < -0.3 is 15.5 Å². The smallest absolute Gasteiger partial charge is 0.406 e. The first-order valence-electron chi connectivity index (χ1n) is 7.72. The predicted octanol–water partition coefficient (Wildman–Crippen LogP) is 4.04. The van der Waals surface area contributed by atoms with Crippen LogP contribution in [0.25, 0.3) is 28.5 Å². The maximum absolute atomic E-state index is 13.1. The van der Waals surface area contributed by atoms with Gasteiger partial charge in [0, 0.05) is 23.4 Å². The molecule has 0 saturated heterocycles. The van der Waals surface area contributed by atoms with Crippen molar-refractivity contribution in [3.8, 4) is 17.0 Å². The van der Waals surface area contributed by atoms with Gasteiger partial charge in [-0.05, 0) is 24.3 Å². The molecule has 29 heavy (non-hydrogen) atoms. The molecular weight excluding hydrogens is 406 g/mol. The highest BCUT2D eigenvalue weighted by molar-refractivity contribution is 5.93. The van der Waals surface area contributed by atoms with Crippen LogP contribution in [0, 0.1) is 0 Å². The van der Waals surface area contributed by atoms with Gasteiger partial charge >= 0.3 is 12.5 Å². The third kappa shape index (κ3) is 4.83. The van der Waals surface area contributed by atoms with E-state index in [9.17, 15) is 31.1 Å². The van der Waals surface area contributed by atoms with E-state index in [4.69, 9.17) is 5.73 Å². The SMILES string of the molecule is NC(=O)/C=C/c1c[nH]c2ncc(-c3cc(OC(F)(F)F)cc(C(F)(F)F)c3)nc12. The highest BCUT2D eigenvalue weighted by Crippen LogP contribution is 2.37. The lowest BCUT2D eigenvalue weighted by Crippen LogP contribution is -2.18. The zero-order valence-electron chi connectivity index (χ0n) is 14.1. The van der Waals surface area contributed by atoms with E-state index in [-0.39, 0.29) is 28.5 Å². The Bertz CT molecular complexity index is 1100. The lowest BCUT2D eigenvalue weighted by Gasteiger charge is -2.14. The summed E-state index contributed by atoms with van der Waals surface area (Å²) in [5.41, 5.74) is 4.02. The van der Waals surface area contributed by atoms with Crippen LogP contribution in [0.15, 0.2) is 36.7 Å². The van der Waals surface area contributed by atoms with Crippen LogP contribution in [0.4, 0.5) is 26.3 Å². The first-order chi connectivity index (χ1) is 13.4. The highest BCUT2D eigenvalue weighted by atomic mass is 19.4. The molecule has 3 rings (SSSR count). The first kappa shape index (κ1) is 20.2. The fourth-order valence-electron chi connectivity index (χ4n) is 2.45. The van der Waals surface area contributed by atoms with Crippen molar-refractivity contribution in [3.05, 3.63) is 47.8 Å². The predicted molar refractivity (Wildman–Crippen MR) is 89.2 cm³/mol. The second kappa shape index (κ2) is 7.11. The van der Waals surface area contributed by atoms with E-state index < -0.39 is 29.8 Å². The number of alkyl halides is 6. The zero-order valence-corrected chi connectivity index (χ0v) is 14.1. The summed E-state index contributed by atoms with van der Waals surface area (Å²) in [5.74, 6) is -1.79. The Kier molecular flexibility index (Phi) is 4.95. The molecule has 0 atom stereocenters. The van der Waals surface area contributed by atoms with Gasteiger partial charge in [0.15, 0.2) is 5.65 Å². The minimum Gasteiger partial charge on any atom is -0.406 e. The molecule has 0 unspecified atom stereocenters. The average molecular weight is 416 g/mol. The molecule has 0 aliphatic rings. The third-order valence-electron chi connectivity index (χ3n) is 3.60. The normalized spacial score (nSPS) is 12.6. The highest BCUT2D eigenvalue weighted by Gasteiger charge is 2.35. The van der Waals surface area contributed by atoms with Gasteiger partial charge in [0.05, 0.1) is 17.5 Å². The summed E-state index contributed by atoms with van der Waals surface area (Å²) in [6, 6.07) is 1.63. The van der Waals surface area contributed by atoms with Crippen molar-refractivity contribution in [3.63, 3.8) is 0 Å².